The SMILES string of the molecule is CCC1CCC(O)(CNCc2ccc(N(C)C)cc2)CC1. The van der Waals surface area contributed by atoms with Gasteiger partial charge in [-0.3, -0.25) is 0 Å². The molecular formula is C18H30N2O. The topological polar surface area (TPSA) is 35.5 Å². The van der Waals surface area contributed by atoms with Crippen LogP contribution >= 0.6 is 0 Å². The van der Waals surface area contributed by atoms with Gasteiger partial charge in [-0.2, -0.15) is 0 Å². The van der Waals surface area contributed by atoms with E-state index in [4.69, 9.17) is 0 Å². The number of hydrogen-bond donors (Lipinski definition) is 2. The second-order valence-corrected chi connectivity index (χ2v) is 6.74. The number of nitrogens with zero attached hydrogens (tertiary/aromatic N) is 1. The number of benzene rings is 1. The molecule has 0 heterocycles. The predicted octanol–water partition coefficient (Wildman–Crippen LogP) is 3.17. The molecule has 0 amide bonds. The van der Waals surface area contributed by atoms with E-state index in [-0.39, 0.29) is 0 Å². The number of nitrogens with one attached hydrogen (secondary N) is 1. The molecule has 118 valence electrons. The van der Waals surface area contributed by atoms with Crippen molar-refractivity contribution in [1.82, 2.24) is 5.32 Å². The fourth-order valence-corrected chi connectivity index (χ4v) is 3.15. The highest BCUT2D eigenvalue weighted by atomic mass is 16.3. The average molecular weight is 290 g/mol. The van der Waals surface area contributed by atoms with Crippen LogP contribution in [0.5, 0.6) is 0 Å². The largest absolute Gasteiger partial charge is 0.389 e. The molecule has 0 bridgehead atoms. The molecule has 2 N–H and O–H groups in total. The maximum absolute atomic E-state index is 10.6. The number of rotatable bonds is 6. The van der Waals surface area contributed by atoms with E-state index in [0.717, 1.165) is 25.3 Å². The second-order valence-electron chi connectivity index (χ2n) is 6.74. The third-order valence-corrected chi connectivity index (χ3v) is 4.85. The molecule has 1 fully saturated rings. The van der Waals surface area contributed by atoms with Crippen LogP contribution in [0, 0.1) is 5.92 Å². The lowest BCUT2D eigenvalue weighted by molar-refractivity contribution is -0.00881. The highest BCUT2D eigenvalue weighted by Gasteiger charge is 2.31. The Labute approximate surface area is 129 Å². The van der Waals surface area contributed by atoms with Crippen LogP contribution in [-0.2, 0) is 6.54 Å². The fourth-order valence-electron chi connectivity index (χ4n) is 3.15. The van der Waals surface area contributed by atoms with Crippen molar-refractivity contribution in [1.29, 1.82) is 0 Å². The maximum Gasteiger partial charge on any atom is 0.0771 e. The van der Waals surface area contributed by atoms with Crippen molar-refractivity contribution in [2.24, 2.45) is 5.92 Å². The summed E-state index contributed by atoms with van der Waals surface area (Å²) >= 11 is 0. The number of hydrogen-bond acceptors (Lipinski definition) is 3. The third-order valence-electron chi connectivity index (χ3n) is 4.85. The van der Waals surface area contributed by atoms with Gasteiger partial charge >= 0.3 is 0 Å². The van der Waals surface area contributed by atoms with Crippen LogP contribution in [0.4, 0.5) is 5.69 Å². The highest BCUT2D eigenvalue weighted by molar-refractivity contribution is 5.45. The summed E-state index contributed by atoms with van der Waals surface area (Å²) in [6.07, 6.45) is 5.48. The van der Waals surface area contributed by atoms with E-state index >= 15 is 0 Å². The molecule has 0 spiro atoms. The zero-order valence-electron chi connectivity index (χ0n) is 13.7. The van der Waals surface area contributed by atoms with Crippen molar-refractivity contribution in [3.63, 3.8) is 0 Å². The minimum atomic E-state index is -0.491. The molecule has 3 nitrogen and oxygen atoms in total. The fraction of sp³-hybridized carbons (Fsp3) is 0.667. The standard InChI is InChI=1S/C18H30N2O/c1-4-15-9-11-18(21,12-10-15)14-19-13-16-5-7-17(8-6-16)20(2)3/h5-8,15,19,21H,4,9-14H2,1-3H3. The summed E-state index contributed by atoms with van der Waals surface area (Å²) in [6, 6.07) is 8.58. The van der Waals surface area contributed by atoms with Crippen LogP contribution in [0.1, 0.15) is 44.6 Å². The first kappa shape index (κ1) is 16.3. The molecule has 1 aromatic carbocycles. The zero-order valence-corrected chi connectivity index (χ0v) is 13.7. The molecule has 1 aliphatic rings. The molecular weight excluding hydrogens is 260 g/mol. The molecule has 1 aliphatic carbocycles. The molecule has 0 aliphatic heterocycles. The van der Waals surface area contributed by atoms with E-state index in [1.165, 1.54) is 30.5 Å². The van der Waals surface area contributed by atoms with E-state index in [1.807, 2.05) is 0 Å². The highest BCUT2D eigenvalue weighted by Crippen LogP contribution is 2.33. The van der Waals surface area contributed by atoms with E-state index in [9.17, 15) is 5.11 Å². The predicted molar refractivity (Wildman–Crippen MR) is 89.7 cm³/mol. The Kier molecular flexibility index (Phi) is 5.65. The third kappa shape index (κ3) is 4.72. The average Bonchev–Trinajstić information content (AvgIpc) is 2.48. The zero-order chi connectivity index (χ0) is 15.3. The first-order valence-corrected chi connectivity index (χ1v) is 8.22. The lowest BCUT2D eigenvalue weighted by atomic mass is 9.78. The van der Waals surface area contributed by atoms with Gasteiger partial charge in [-0.15, -0.1) is 0 Å². The summed E-state index contributed by atoms with van der Waals surface area (Å²) in [6.45, 7) is 3.79. The van der Waals surface area contributed by atoms with Crippen molar-refractivity contribution in [3.8, 4) is 0 Å². The second kappa shape index (κ2) is 7.28. The molecule has 0 unspecified atom stereocenters. The number of aliphatic hydroxyl groups is 1. The quantitative estimate of drug-likeness (QED) is 0.844. The van der Waals surface area contributed by atoms with Gasteiger partial charge in [-0.25, -0.2) is 0 Å². The van der Waals surface area contributed by atoms with Crippen molar-refractivity contribution in [2.75, 3.05) is 25.5 Å². The molecule has 0 radical (unpaired) electrons. The van der Waals surface area contributed by atoms with E-state index in [1.54, 1.807) is 0 Å². The van der Waals surface area contributed by atoms with E-state index < -0.39 is 5.60 Å². The normalized spacial score (nSPS) is 25.8. The minimum Gasteiger partial charge on any atom is -0.389 e. The summed E-state index contributed by atoms with van der Waals surface area (Å²) < 4.78 is 0. The van der Waals surface area contributed by atoms with Crippen molar-refractivity contribution in [3.05, 3.63) is 29.8 Å². The monoisotopic (exact) mass is 290 g/mol. The Morgan fingerprint density at radius 2 is 1.81 bits per heavy atom. The molecule has 21 heavy (non-hydrogen) atoms. The van der Waals surface area contributed by atoms with Crippen molar-refractivity contribution in [2.45, 2.75) is 51.2 Å². The van der Waals surface area contributed by atoms with Gasteiger partial charge in [0.1, 0.15) is 0 Å². The smallest absolute Gasteiger partial charge is 0.0771 e. The summed E-state index contributed by atoms with van der Waals surface area (Å²) in [5.74, 6) is 0.823. The summed E-state index contributed by atoms with van der Waals surface area (Å²) in [5.41, 5.74) is 2.00. The lowest BCUT2D eigenvalue weighted by Gasteiger charge is -2.36. The molecule has 2 rings (SSSR count). The van der Waals surface area contributed by atoms with E-state index in [2.05, 4.69) is 55.5 Å². The van der Waals surface area contributed by atoms with E-state index in [0.29, 0.717) is 6.54 Å². The Bertz CT molecular complexity index is 419. The summed E-state index contributed by atoms with van der Waals surface area (Å²) in [4.78, 5) is 2.10. The Morgan fingerprint density at radius 1 is 1.19 bits per heavy atom. The maximum atomic E-state index is 10.6. The van der Waals surface area contributed by atoms with Crippen LogP contribution in [0.25, 0.3) is 0 Å². The van der Waals surface area contributed by atoms with Gasteiger partial charge in [0.2, 0.25) is 0 Å². The van der Waals surface area contributed by atoms with Crippen LogP contribution in [0.2, 0.25) is 0 Å². The first-order chi connectivity index (χ1) is 10.0. The molecule has 0 aromatic heterocycles. The summed E-state index contributed by atoms with van der Waals surface area (Å²) in [7, 11) is 4.10. The van der Waals surface area contributed by atoms with Gasteiger partial charge in [-0.1, -0.05) is 25.5 Å². The van der Waals surface area contributed by atoms with Crippen molar-refractivity contribution < 1.29 is 5.11 Å². The molecule has 1 saturated carbocycles. The molecule has 0 saturated heterocycles. The molecule has 3 heteroatoms. The Morgan fingerprint density at radius 3 is 2.33 bits per heavy atom. The van der Waals surface area contributed by atoms with Gasteiger partial charge in [0.15, 0.2) is 0 Å². The minimum absolute atomic E-state index is 0.491. The summed E-state index contributed by atoms with van der Waals surface area (Å²) in [5, 5.41) is 14.0. The number of anilines is 1. The Balaban J connectivity index is 1.76. The molecule has 0 atom stereocenters. The Hall–Kier alpha value is -1.06. The van der Waals surface area contributed by atoms with Gasteiger partial charge in [0, 0.05) is 32.9 Å². The van der Waals surface area contributed by atoms with Crippen LogP contribution < -0.4 is 10.2 Å². The van der Waals surface area contributed by atoms with Gasteiger partial charge in [0.05, 0.1) is 5.60 Å². The molecule has 1 aromatic rings. The van der Waals surface area contributed by atoms with Gasteiger partial charge in [-0.05, 0) is 49.3 Å². The van der Waals surface area contributed by atoms with Crippen LogP contribution in [0.15, 0.2) is 24.3 Å². The first-order valence-electron chi connectivity index (χ1n) is 8.22. The van der Waals surface area contributed by atoms with Gasteiger partial charge in [0.25, 0.3) is 0 Å². The van der Waals surface area contributed by atoms with Crippen LogP contribution in [0.3, 0.4) is 0 Å². The van der Waals surface area contributed by atoms with Gasteiger partial charge < -0.3 is 15.3 Å². The van der Waals surface area contributed by atoms with Crippen LogP contribution in [-0.4, -0.2) is 31.3 Å². The lowest BCUT2D eigenvalue weighted by Crippen LogP contribution is -2.43. The van der Waals surface area contributed by atoms with Crippen molar-refractivity contribution >= 4 is 5.69 Å².